The molecule has 206 valence electrons. The normalized spacial score (nSPS) is 34.2. The van der Waals surface area contributed by atoms with Crippen molar-refractivity contribution in [3.05, 3.63) is 17.5 Å². The van der Waals surface area contributed by atoms with E-state index < -0.39 is 12.0 Å². The summed E-state index contributed by atoms with van der Waals surface area (Å²) in [5, 5.41) is 7.22. The van der Waals surface area contributed by atoms with E-state index in [2.05, 4.69) is 47.1 Å². The zero-order chi connectivity index (χ0) is 25.9. The Balaban J connectivity index is 1.12. The van der Waals surface area contributed by atoms with Gasteiger partial charge in [0.05, 0.1) is 5.69 Å². The zero-order valence-corrected chi connectivity index (χ0v) is 22.6. The number of nitrogens with one attached hydrogen (secondary N) is 1. The number of aromatic nitrogens is 1. The first kappa shape index (κ1) is 25.5. The van der Waals surface area contributed by atoms with Gasteiger partial charge in [-0.1, -0.05) is 12.1 Å². The third-order valence-electron chi connectivity index (χ3n) is 10.1. The number of urea groups is 1. The molecule has 7 nitrogen and oxygen atoms in total. The molecule has 0 radical (unpaired) electrons. The Hall–Kier alpha value is -1.74. The molecular formula is C28H43F2N5O2. The number of likely N-dealkylation sites (tertiary alicyclic amines) is 2. The zero-order valence-electron chi connectivity index (χ0n) is 22.6. The molecular weight excluding hydrogens is 476 g/mol. The number of piperazine rings is 1. The van der Waals surface area contributed by atoms with Crippen LogP contribution >= 0.6 is 0 Å². The molecule has 4 heterocycles. The molecule has 2 saturated carbocycles. The van der Waals surface area contributed by atoms with Crippen LogP contribution in [-0.4, -0.2) is 88.2 Å². The van der Waals surface area contributed by atoms with E-state index in [9.17, 15) is 4.79 Å². The topological polar surface area (TPSA) is 64.8 Å². The molecule has 2 unspecified atom stereocenters. The third kappa shape index (κ3) is 4.79. The van der Waals surface area contributed by atoms with Crippen molar-refractivity contribution in [1.82, 2.24) is 25.2 Å². The van der Waals surface area contributed by atoms with Gasteiger partial charge >= 0.3 is 6.03 Å². The fraction of sp³-hybridized carbons (Fsp3) is 0.857. The van der Waals surface area contributed by atoms with Crippen molar-refractivity contribution in [3.8, 4) is 0 Å². The second-order valence-corrected chi connectivity index (χ2v) is 13.0. The first-order chi connectivity index (χ1) is 17.6. The second kappa shape index (κ2) is 9.47. The summed E-state index contributed by atoms with van der Waals surface area (Å²) in [7, 11) is 0. The van der Waals surface area contributed by atoms with Crippen molar-refractivity contribution in [2.75, 3.05) is 26.2 Å². The minimum absolute atomic E-state index is 0.150. The molecule has 5 fully saturated rings. The first-order valence-electron chi connectivity index (χ1n) is 14.6. The number of hydrogen-bond acceptors (Lipinski definition) is 5. The second-order valence-electron chi connectivity index (χ2n) is 13.0. The number of alkyl halides is 2. The standard InChI is InChI=1S/C28H43F2N5O2/c1-18(2)34-16-20-8-9-21(17-34)35(20)22-5-4-10-28(29,30)25(22)31-26(36)33-13-11-27(3,12-14-33)24-15-23(37-32-24)19-6-7-19/h15,18-22,25H,4-14,16-17H2,1-3H3,(H,31,36)/t20?,21?,22-,25+/m0/s1. The van der Waals surface area contributed by atoms with Crippen LogP contribution in [0, 0.1) is 0 Å². The molecule has 2 bridgehead atoms. The monoisotopic (exact) mass is 519 g/mol. The number of nitrogens with zero attached hydrogens (tertiary/aromatic N) is 4. The molecule has 1 aromatic heterocycles. The molecule has 1 aromatic rings. The summed E-state index contributed by atoms with van der Waals surface area (Å²) < 4.78 is 36.4. The Morgan fingerprint density at radius 2 is 1.76 bits per heavy atom. The Kier molecular flexibility index (Phi) is 6.54. The van der Waals surface area contributed by atoms with Crippen LogP contribution < -0.4 is 5.32 Å². The number of carbonyl (C=O) groups excluding carboxylic acids is 1. The lowest BCUT2D eigenvalue weighted by atomic mass is 9.77. The van der Waals surface area contributed by atoms with Gasteiger partial charge in [-0.25, -0.2) is 13.6 Å². The molecule has 2 aliphatic carbocycles. The maximum Gasteiger partial charge on any atom is 0.317 e. The van der Waals surface area contributed by atoms with E-state index in [0.717, 1.165) is 56.6 Å². The van der Waals surface area contributed by atoms with Crippen LogP contribution in [0.25, 0.3) is 0 Å². The van der Waals surface area contributed by atoms with E-state index >= 15 is 8.78 Å². The van der Waals surface area contributed by atoms with Crippen molar-refractivity contribution in [2.45, 2.75) is 126 Å². The van der Waals surface area contributed by atoms with Gasteiger partial charge in [-0.05, 0) is 65.2 Å². The lowest BCUT2D eigenvalue weighted by Gasteiger charge is -2.51. The lowest BCUT2D eigenvalue weighted by molar-refractivity contribution is -0.109. The van der Waals surface area contributed by atoms with E-state index in [0.29, 0.717) is 43.6 Å². The fourth-order valence-electron chi connectivity index (χ4n) is 7.42. The van der Waals surface area contributed by atoms with Crippen molar-refractivity contribution < 1.29 is 18.1 Å². The van der Waals surface area contributed by atoms with Gasteiger partial charge in [-0.15, -0.1) is 0 Å². The summed E-state index contributed by atoms with van der Waals surface area (Å²) in [5.41, 5.74) is 0.810. The summed E-state index contributed by atoms with van der Waals surface area (Å²) in [6.45, 7) is 9.55. The largest absolute Gasteiger partial charge is 0.361 e. The van der Waals surface area contributed by atoms with Crippen molar-refractivity contribution in [3.63, 3.8) is 0 Å². The van der Waals surface area contributed by atoms with Crippen LogP contribution in [0.5, 0.6) is 0 Å². The number of rotatable bonds is 5. The summed E-state index contributed by atoms with van der Waals surface area (Å²) in [6, 6.07) is 1.39. The quantitative estimate of drug-likeness (QED) is 0.610. The molecule has 1 N–H and O–H groups in total. The van der Waals surface area contributed by atoms with Crippen molar-refractivity contribution in [1.29, 1.82) is 0 Å². The molecule has 2 amide bonds. The predicted octanol–water partition coefficient (Wildman–Crippen LogP) is 4.73. The van der Waals surface area contributed by atoms with Gasteiger partial charge < -0.3 is 14.7 Å². The predicted molar refractivity (Wildman–Crippen MR) is 137 cm³/mol. The smallest absolute Gasteiger partial charge is 0.317 e. The molecule has 37 heavy (non-hydrogen) atoms. The summed E-state index contributed by atoms with van der Waals surface area (Å²) in [6.07, 6.45) is 7.05. The Labute approximate surface area is 219 Å². The molecule has 6 rings (SSSR count). The minimum atomic E-state index is -2.89. The van der Waals surface area contributed by atoms with Gasteiger partial charge in [0, 0.05) is 74.2 Å². The Morgan fingerprint density at radius 3 is 2.38 bits per heavy atom. The van der Waals surface area contributed by atoms with Gasteiger partial charge in [0.15, 0.2) is 0 Å². The molecule has 0 aromatic carbocycles. The highest BCUT2D eigenvalue weighted by Gasteiger charge is 2.54. The van der Waals surface area contributed by atoms with Crippen LogP contribution in [-0.2, 0) is 5.41 Å². The number of amides is 2. The van der Waals surface area contributed by atoms with Gasteiger partial charge in [0.2, 0.25) is 0 Å². The van der Waals surface area contributed by atoms with E-state index in [-0.39, 0.29) is 23.9 Å². The highest BCUT2D eigenvalue weighted by atomic mass is 19.3. The summed E-state index contributed by atoms with van der Waals surface area (Å²) in [5.74, 6) is -1.40. The SMILES string of the molecule is CC(C)N1CC2CCC(C1)N2[C@H]1CCCC(F)(F)[C@@H]1NC(=O)N1CCC(C)(c2cc(C3CC3)on2)CC1. The minimum Gasteiger partial charge on any atom is -0.361 e. The van der Waals surface area contributed by atoms with Crippen LogP contribution in [0.4, 0.5) is 13.6 Å². The number of carbonyl (C=O) groups is 1. The van der Waals surface area contributed by atoms with Gasteiger partial charge in [0.1, 0.15) is 11.8 Å². The summed E-state index contributed by atoms with van der Waals surface area (Å²) in [4.78, 5) is 20.0. The van der Waals surface area contributed by atoms with Crippen molar-refractivity contribution in [2.24, 2.45) is 0 Å². The van der Waals surface area contributed by atoms with Gasteiger partial charge in [-0.3, -0.25) is 9.80 Å². The first-order valence-corrected chi connectivity index (χ1v) is 14.6. The number of hydrogen-bond donors (Lipinski definition) is 1. The summed E-state index contributed by atoms with van der Waals surface area (Å²) >= 11 is 0. The van der Waals surface area contributed by atoms with Crippen LogP contribution in [0.3, 0.4) is 0 Å². The van der Waals surface area contributed by atoms with Crippen LogP contribution in [0.1, 0.15) is 95.9 Å². The molecule has 4 atom stereocenters. The third-order valence-corrected chi connectivity index (χ3v) is 10.1. The van der Waals surface area contributed by atoms with Crippen LogP contribution in [0.15, 0.2) is 10.6 Å². The highest BCUT2D eigenvalue weighted by Crippen LogP contribution is 2.44. The Bertz CT molecular complexity index is 973. The number of halogens is 2. The molecule has 3 aliphatic heterocycles. The molecule has 0 spiro atoms. The lowest BCUT2D eigenvalue weighted by Crippen LogP contribution is -2.68. The average molecular weight is 520 g/mol. The molecule has 5 aliphatic rings. The molecule has 3 saturated heterocycles. The van der Waals surface area contributed by atoms with E-state index in [1.807, 2.05) is 0 Å². The van der Waals surface area contributed by atoms with Crippen molar-refractivity contribution >= 4 is 6.03 Å². The van der Waals surface area contributed by atoms with Gasteiger partial charge in [-0.2, -0.15) is 0 Å². The van der Waals surface area contributed by atoms with E-state index in [1.165, 1.54) is 12.8 Å². The highest BCUT2D eigenvalue weighted by molar-refractivity contribution is 5.75. The Morgan fingerprint density at radius 1 is 1.08 bits per heavy atom. The average Bonchev–Trinajstić information content (AvgIpc) is 3.52. The van der Waals surface area contributed by atoms with E-state index in [1.54, 1.807) is 4.90 Å². The number of piperidine rings is 1. The maximum absolute atomic E-state index is 15.4. The van der Waals surface area contributed by atoms with Gasteiger partial charge in [0.25, 0.3) is 5.92 Å². The van der Waals surface area contributed by atoms with E-state index in [4.69, 9.17) is 4.52 Å². The fourth-order valence-corrected chi connectivity index (χ4v) is 7.42. The number of fused-ring (bicyclic) bond motifs is 2. The van der Waals surface area contributed by atoms with Crippen LogP contribution in [0.2, 0.25) is 0 Å². The maximum atomic E-state index is 15.4. The molecule has 9 heteroatoms.